The van der Waals surface area contributed by atoms with Crippen LogP contribution in [0.5, 0.6) is 11.5 Å². The Labute approximate surface area is 116 Å². The summed E-state index contributed by atoms with van der Waals surface area (Å²) < 4.78 is 5.80. The summed E-state index contributed by atoms with van der Waals surface area (Å²) in [7, 11) is 0. The Bertz CT molecular complexity index is 735. The molecule has 1 amide bonds. The van der Waals surface area contributed by atoms with Crippen molar-refractivity contribution in [2.24, 2.45) is 0 Å². The Morgan fingerprint density at radius 2 is 1.50 bits per heavy atom. The third-order valence-electron chi connectivity index (χ3n) is 3.04. The van der Waals surface area contributed by atoms with Gasteiger partial charge in [0.25, 0.3) is 0 Å². The average Bonchev–Trinajstić information content (AvgIpc) is 2.49. The monoisotopic (exact) mass is 263 g/mol. The molecule has 0 aromatic heterocycles. The van der Waals surface area contributed by atoms with Crippen molar-refractivity contribution < 1.29 is 9.53 Å². The number of amides is 1. The van der Waals surface area contributed by atoms with Crippen molar-refractivity contribution in [3.8, 4) is 11.5 Å². The van der Waals surface area contributed by atoms with Gasteiger partial charge in [0.2, 0.25) is 6.41 Å². The minimum Gasteiger partial charge on any atom is -0.457 e. The fraction of sp³-hybridized carbons (Fsp3) is 0. The second kappa shape index (κ2) is 5.45. The molecule has 3 nitrogen and oxygen atoms in total. The quantitative estimate of drug-likeness (QED) is 0.716. The average molecular weight is 263 g/mol. The van der Waals surface area contributed by atoms with E-state index in [4.69, 9.17) is 4.74 Å². The van der Waals surface area contributed by atoms with Crippen LogP contribution in [-0.2, 0) is 4.79 Å². The first-order chi connectivity index (χ1) is 9.85. The van der Waals surface area contributed by atoms with Gasteiger partial charge in [-0.05, 0) is 47.2 Å². The normalized spacial score (nSPS) is 10.2. The first-order valence-corrected chi connectivity index (χ1v) is 6.32. The van der Waals surface area contributed by atoms with Gasteiger partial charge in [-0.1, -0.05) is 30.3 Å². The molecular formula is C17H13NO2. The van der Waals surface area contributed by atoms with Crippen LogP contribution in [-0.4, -0.2) is 6.41 Å². The number of carbonyl (C=O) groups is 1. The molecule has 3 rings (SSSR count). The summed E-state index contributed by atoms with van der Waals surface area (Å²) in [6, 6.07) is 21.4. The van der Waals surface area contributed by atoms with E-state index >= 15 is 0 Å². The number of hydrogen-bond donors (Lipinski definition) is 1. The predicted octanol–water partition coefficient (Wildman–Crippen LogP) is 4.20. The molecule has 0 aliphatic rings. The van der Waals surface area contributed by atoms with Crippen LogP contribution >= 0.6 is 0 Å². The van der Waals surface area contributed by atoms with Crippen LogP contribution in [0.1, 0.15) is 0 Å². The van der Waals surface area contributed by atoms with Gasteiger partial charge in [0, 0.05) is 5.69 Å². The molecule has 0 atom stereocenters. The lowest BCUT2D eigenvalue weighted by Gasteiger charge is -2.07. The van der Waals surface area contributed by atoms with Gasteiger partial charge < -0.3 is 10.1 Å². The maximum absolute atomic E-state index is 10.3. The minimum atomic E-state index is 0.652. The number of nitrogens with one attached hydrogen (secondary N) is 1. The van der Waals surface area contributed by atoms with Crippen LogP contribution in [0.25, 0.3) is 10.8 Å². The third-order valence-corrected chi connectivity index (χ3v) is 3.04. The van der Waals surface area contributed by atoms with Crippen LogP contribution in [0.3, 0.4) is 0 Å². The van der Waals surface area contributed by atoms with Crippen molar-refractivity contribution in [1.29, 1.82) is 0 Å². The third kappa shape index (κ3) is 2.62. The Balaban J connectivity index is 1.83. The van der Waals surface area contributed by atoms with Crippen molar-refractivity contribution >= 4 is 22.9 Å². The van der Waals surface area contributed by atoms with E-state index in [2.05, 4.69) is 17.4 Å². The highest BCUT2D eigenvalue weighted by molar-refractivity contribution is 5.83. The number of anilines is 1. The van der Waals surface area contributed by atoms with Gasteiger partial charge in [0.15, 0.2) is 0 Å². The van der Waals surface area contributed by atoms with Crippen molar-refractivity contribution in [3.63, 3.8) is 0 Å². The van der Waals surface area contributed by atoms with Gasteiger partial charge in [-0.2, -0.15) is 0 Å². The molecule has 0 spiro atoms. The zero-order valence-corrected chi connectivity index (χ0v) is 10.7. The molecule has 3 aromatic rings. The smallest absolute Gasteiger partial charge is 0.211 e. The largest absolute Gasteiger partial charge is 0.457 e. The highest BCUT2D eigenvalue weighted by Crippen LogP contribution is 2.26. The fourth-order valence-electron chi connectivity index (χ4n) is 2.05. The van der Waals surface area contributed by atoms with Crippen molar-refractivity contribution in [3.05, 3.63) is 66.7 Å². The zero-order chi connectivity index (χ0) is 13.8. The zero-order valence-electron chi connectivity index (χ0n) is 10.7. The molecular weight excluding hydrogens is 250 g/mol. The maximum atomic E-state index is 10.3. The van der Waals surface area contributed by atoms with Crippen molar-refractivity contribution in [1.82, 2.24) is 0 Å². The number of rotatable bonds is 4. The van der Waals surface area contributed by atoms with Crippen LogP contribution in [0, 0.1) is 0 Å². The second-order valence-electron chi connectivity index (χ2n) is 4.40. The first kappa shape index (κ1) is 12.2. The minimum absolute atomic E-state index is 0.652. The van der Waals surface area contributed by atoms with E-state index in [0.29, 0.717) is 6.41 Å². The highest BCUT2D eigenvalue weighted by atomic mass is 16.5. The van der Waals surface area contributed by atoms with Crippen molar-refractivity contribution in [2.45, 2.75) is 0 Å². The molecule has 0 saturated carbocycles. The lowest BCUT2D eigenvalue weighted by atomic mass is 10.1. The fourth-order valence-corrected chi connectivity index (χ4v) is 2.05. The van der Waals surface area contributed by atoms with E-state index in [-0.39, 0.29) is 0 Å². The topological polar surface area (TPSA) is 38.3 Å². The lowest BCUT2D eigenvalue weighted by Crippen LogP contribution is -1.93. The molecule has 3 aromatic carbocycles. The molecule has 98 valence electrons. The number of ether oxygens (including phenoxy) is 1. The summed E-state index contributed by atoms with van der Waals surface area (Å²) in [4.78, 5) is 10.3. The maximum Gasteiger partial charge on any atom is 0.211 e. The SMILES string of the molecule is O=CNc1ccc(Oc2ccc3ccccc3c2)cc1. The first-order valence-electron chi connectivity index (χ1n) is 6.32. The Hall–Kier alpha value is -2.81. The number of hydrogen-bond acceptors (Lipinski definition) is 2. The standard InChI is InChI=1S/C17H13NO2/c19-12-18-15-6-9-16(10-7-15)20-17-8-5-13-3-1-2-4-14(13)11-17/h1-12H,(H,18,19). The molecule has 20 heavy (non-hydrogen) atoms. The van der Waals surface area contributed by atoms with Crippen LogP contribution in [0.2, 0.25) is 0 Å². The summed E-state index contributed by atoms with van der Waals surface area (Å²) >= 11 is 0. The number of benzene rings is 3. The van der Waals surface area contributed by atoms with Crippen LogP contribution in [0.4, 0.5) is 5.69 Å². The second-order valence-corrected chi connectivity index (χ2v) is 4.40. The molecule has 0 aliphatic heterocycles. The summed E-state index contributed by atoms with van der Waals surface area (Å²) in [5.74, 6) is 1.52. The number of fused-ring (bicyclic) bond motifs is 1. The molecule has 3 heteroatoms. The van der Waals surface area contributed by atoms with Gasteiger partial charge in [-0.15, -0.1) is 0 Å². The molecule has 0 bridgehead atoms. The van der Waals surface area contributed by atoms with Crippen molar-refractivity contribution in [2.75, 3.05) is 5.32 Å². The van der Waals surface area contributed by atoms with E-state index in [0.717, 1.165) is 22.6 Å². The van der Waals surface area contributed by atoms with E-state index < -0.39 is 0 Å². The highest BCUT2D eigenvalue weighted by Gasteiger charge is 1.99. The molecule has 0 saturated heterocycles. The van der Waals surface area contributed by atoms with Gasteiger partial charge in [-0.3, -0.25) is 4.79 Å². The van der Waals surface area contributed by atoms with Gasteiger partial charge in [0.05, 0.1) is 0 Å². The lowest BCUT2D eigenvalue weighted by molar-refractivity contribution is -0.105. The Morgan fingerprint density at radius 1 is 0.800 bits per heavy atom. The van der Waals surface area contributed by atoms with E-state index in [1.54, 1.807) is 12.1 Å². The Kier molecular flexibility index (Phi) is 3.33. The Morgan fingerprint density at radius 3 is 2.25 bits per heavy atom. The molecule has 0 radical (unpaired) electrons. The van der Waals surface area contributed by atoms with Crippen LogP contribution < -0.4 is 10.1 Å². The van der Waals surface area contributed by atoms with Gasteiger partial charge in [0.1, 0.15) is 11.5 Å². The van der Waals surface area contributed by atoms with Gasteiger partial charge >= 0.3 is 0 Å². The summed E-state index contributed by atoms with van der Waals surface area (Å²) in [5, 5.41) is 4.92. The van der Waals surface area contributed by atoms with Crippen LogP contribution in [0.15, 0.2) is 66.7 Å². The predicted molar refractivity (Wildman–Crippen MR) is 80.2 cm³/mol. The molecule has 0 fully saturated rings. The summed E-state index contributed by atoms with van der Waals surface area (Å²) in [6.07, 6.45) is 0.652. The molecule has 1 N–H and O–H groups in total. The molecule has 0 aliphatic carbocycles. The van der Waals surface area contributed by atoms with E-state index in [9.17, 15) is 4.79 Å². The number of carbonyl (C=O) groups excluding carboxylic acids is 1. The van der Waals surface area contributed by atoms with E-state index in [1.165, 1.54) is 5.39 Å². The molecule has 0 heterocycles. The summed E-state index contributed by atoms with van der Waals surface area (Å²) in [5.41, 5.74) is 0.742. The van der Waals surface area contributed by atoms with Gasteiger partial charge in [-0.25, -0.2) is 0 Å². The van der Waals surface area contributed by atoms with E-state index in [1.807, 2.05) is 42.5 Å². The summed E-state index contributed by atoms with van der Waals surface area (Å²) in [6.45, 7) is 0. The molecule has 0 unspecified atom stereocenters.